The topological polar surface area (TPSA) is 37.8 Å². The van der Waals surface area contributed by atoms with Gasteiger partial charge < -0.3 is 4.98 Å². The van der Waals surface area contributed by atoms with E-state index in [2.05, 4.69) is 4.98 Å². The van der Waals surface area contributed by atoms with Gasteiger partial charge in [0.25, 0.3) is 0 Å². The first-order valence-corrected chi connectivity index (χ1v) is 9.71. The molecule has 5 saturated carbocycles. The van der Waals surface area contributed by atoms with Crippen LogP contribution in [0.2, 0.25) is 0 Å². The molecule has 1 heterocycles. The molecule has 0 aromatic carbocycles. The van der Waals surface area contributed by atoms with Gasteiger partial charge in [0.2, 0.25) is 0 Å². The summed E-state index contributed by atoms with van der Waals surface area (Å²) in [6.07, 6.45) is 3.98. The van der Waals surface area contributed by atoms with Gasteiger partial charge in [-0.3, -0.25) is 4.57 Å². The number of aromatic amines is 1. The number of nitrogens with zero attached hydrogens (tertiary/aromatic N) is 1. The van der Waals surface area contributed by atoms with Gasteiger partial charge in [-0.25, -0.2) is 4.79 Å². The third kappa shape index (κ3) is 2.85. The maximum Gasteiger partial charge on any atom is 0.394 e. The van der Waals surface area contributed by atoms with E-state index in [1.165, 1.54) is 42.9 Å². The minimum atomic E-state index is -4.28. The van der Waals surface area contributed by atoms with Crippen molar-refractivity contribution in [1.29, 1.82) is 0 Å². The molecule has 25 heavy (non-hydrogen) atoms. The molecule has 1 aromatic rings. The Morgan fingerprint density at radius 1 is 1.04 bits per heavy atom. The molecule has 4 bridgehead atoms. The third-order valence-corrected chi connectivity index (χ3v) is 7.52. The summed E-state index contributed by atoms with van der Waals surface area (Å²) in [5.74, 6) is 5.40. The molecule has 2 unspecified atom stereocenters. The highest BCUT2D eigenvalue weighted by atomic mass is 19.4. The van der Waals surface area contributed by atoms with Crippen molar-refractivity contribution in [3.63, 3.8) is 0 Å². The van der Waals surface area contributed by atoms with Gasteiger partial charge in [-0.15, -0.1) is 0 Å². The lowest BCUT2D eigenvalue weighted by Gasteiger charge is -2.55. The Bertz CT molecular complexity index is 691. The Morgan fingerprint density at radius 3 is 2.28 bits per heavy atom. The highest BCUT2D eigenvalue weighted by Crippen LogP contribution is 2.63. The molecule has 6 heteroatoms. The van der Waals surface area contributed by atoms with Gasteiger partial charge in [-0.05, 0) is 80.0 Å². The molecule has 5 fully saturated rings. The average Bonchev–Trinajstić information content (AvgIpc) is 3.17. The fourth-order valence-corrected chi connectivity index (χ4v) is 6.84. The number of aromatic nitrogens is 2. The number of alkyl halides is 3. The molecule has 0 radical (unpaired) electrons. The van der Waals surface area contributed by atoms with Crippen LogP contribution in [0, 0.1) is 41.4 Å². The van der Waals surface area contributed by atoms with Crippen molar-refractivity contribution >= 4 is 0 Å². The number of halogens is 3. The highest BCUT2D eigenvalue weighted by molar-refractivity contribution is 5.07. The second kappa shape index (κ2) is 5.40. The van der Waals surface area contributed by atoms with Crippen molar-refractivity contribution in [2.75, 3.05) is 0 Å². The van der Waals surface area contributed by atoms with Crippen LogP contribution in [0.5, 0.6) is 0 Å². The molecule has 5 aliphatic carbocycles. The van der Waals surface area contributed by atoms with E-state index < -0.39 is 18.3 Å². The second-order valence-electron chi connectivity index (χ2n) is 9.16. The zero-order valence-electron chi connectivity index (χ0n) is 14.3. The Kier molecular flexibility index (Phi) is 3.46. The van der Waals surface area contributed by atoms with Crippen LogP contribution < -0.4 is 5.69 Å². The van der Waals surface area contributed by atoms with Gasteiger partial charge in [0.05, 0.1) is 6.42 Å². The summed E-state index contributed by atoms with van der Waals surface area (Å²) in [6, 6.07) is 0. The fraction of sp³-hybridized carbons (Fsp3) is 0.842. The number of hydrogen-bond donors (Lipinski definition) is 1. The quantitative estimate of drug-likeness (QED) is 0.872. The molecule has 0 amide bonds. The first kappa shape index (κ1) is 16.0. The second-order valence-corrected chi connectivity index (χ2v) is 9.16. The van der Waals surface area contributed by atoms with Crippen molar-refractivity contribution in [2.45, 2.75) is 57.7 Å². The van der Waals surface area contributed by atoms with Crippen molar-refractivity contribution in [3.8, 4) is 0 Å². The lowest BCUT2D eigenvalue weighted by atomic mass is 9.51. The predicted octanol–water partition coefficient (Wildman–Crippen LogP) is 3.99. The average molecular weight is 354 g/mol. The maximum absolute atomic E-state index is 12.7. The largest absolute Gasteiger partial charge is 0.394 e. The van der Waals surface area contributed by atoms with Gasteiger partial charge in [0, 0.05) is 18.4 Å². The number of nitrogens with one attached hydrogen (secondary N) is 1. The van der Waals surface area contributed by atoms with E-state index in [0.29, 0.717) is 18.4 Å². The standard InChI is InChI=1S/C19H25F3N2O/c20-19(21,22)7-15-8-23-18(25)24(15)9-14-6-16(14)17-12-2-10-1-11(4-12)5-13(17)3-10/h8,10-14,16-17H,1-7,9H2,(H,23,25). The van der Waals surface area contributed by atoms with E-state index in [1.54, 1.807) is 0 Å². The van der Waals surface area contributed by atoms with E-state index in [4.69, 9.17) is 0 Å². The molecule has 0 spiro atoms. The lowest BCUT2D eigenvalue weighted by Crippen LogP contribution is -2.46. The summed E-state index contributed by atoms with van der Waals surface area (Å²) in [5, 5.41) is 0. The Labute approximate surface area is 145 Å². The molecule has 1 aromatic heterocycles. The summed E-state index contributed by atoms with van der Waals surface area (Å²) in [6.45, 7) is 0.460. The van der Waals surface area contributed by atoms with Crippen LogP contribution in [0.1, 0.15) is 44.2 Å². The number of rotatable bonds is 4. The van der Waals surface area contributed by atoms with Gasteiger partial charge in [-0.2, -0.15) is 13.2 Å². The molecule has 0 saturated heterocycles. The SMILES string of the molecule is O=c1[nH]cc(CC(F)(F)F)n1CC1CC1C1C2CC3CC(C2)CC1C3. The molecule has 3 nitrogen and oxygen atoms in total. The van der Waals surface area contributed by atoms with Crippen molar-refractivity contribution < 1.29 is 13.2 Å². The van der Waals surface area contributed by atoms with E-state index in [0.717, 1.165) is 36.0 Å². The summed E-state index contributed by atoms with van der Waals surface area (Å²) < 4.78 is 39.5. The van der Waals surface area contributed by atoms with Gasteiger partial charge >= 0.3 is 11.9 Å². The van der Waals surface area contributed by atoms with Crippen LogP contribution in [0.4, 0.5) is 13.2 Å². The fourth-order valence-electron chi connectivity index (χ4n) is 6.84. The summed E-state index contributed by atoms with van der Waals surface area (Å²) >= 11 is 0. The summed E-state index contributed by atoms with van der Waals surface area (Å²) in [4.78, 5) is 14.4. The number of imidazole rings is 1. The molecule has 0 aliphatic heterocycles. The van der Waals surface area contributed by atoms with Gasteiger partial charge in [0.15, 0.2) is 0 Å². The number of hydrogen-bond acceptors (Lipinski definition) is 1. The lowest BCUT2D eigenvalue weighted by molar-refractivity contribution is -0.128. The predicted molar refractivity (Wildman–Crippen MR) is 86.9 cm³/mol. The zero-order valence-corrected chi connectivity index (χ0v) is 14.3. The van der Waals surface area contributed by atoms with Crippen LogP contribution in [0.15, 0.2) is 11.0 Å². The van der Waals surface area contributed by atoms with E-state index >= 15 is 0 Å². The Balaban J connectivity index is 1.29. The van der Waals surface area contributed by atoms with Crippen LogP contribution >= 0.6 is 0 Å². The highest BCUT2D eigenvalue weighted by Gasteiger charge is 2.56. The molecule has 138 valence electrons. The van der Waals surface area contributed by atoms with Crippen molar-refractivity contribution in [1.82, 2.24) is 9.55 Å². The van der Waals surface area contributed by atoms with Crippen molar-refractivity contribution in [2.24, 2.45) is 41.4 Å². The summed E-state index contributed by atoms with van der Waals surface area (Å²) in [5.41, 5.74) is -0.316. The Morgan fingerprint density at radius 2 is 1.68 bits per heavy atom. The van der Waals surface area contributed by atoms with Gasteiger partial charge in [-0.1, -0.05) is 0 Å². The molecule has 1 N–H and O–H groups in total. The normalized spacial score (nSPS) is 42.1. The van der Waals surface area contributed by atoms with E-state index in [-0.39, 0.29) is 5.69 Å². The molecule has 2 atom stereocenters. The smallest absolute Gasteiger partial charge is 0.312 e. The van der Waals surface area contributed by atoms with Crippen LogP contribution in [0.25, 0.3) is 0 Å². The minimum Gasteiger partial charge on any atom is -0.312 e. The van der Waals surface area contributed by atoms with Crippen LogP contribution in [-0.4, -0.2) is 15.7 Å². The van der Waals surface area contributed by atoms with Crippen LogP contribution in [0.3, 0.4) is 0 Å². The first-order chi connectivity index (χ1) is 11.9. The Hall–Kier alpha value is -1.20. The molecular formula is C19H25F3N2O. The zero-order chi connectivity index (χ0) is 17.3. The monoisotopic (exact) mass is 354 g/mol. The molecule has 6 rings (SSSR count). The van der Waals surface area contributed by atoms with Gasteiger partial charge in [0.1, 0.15) is 0 Å². The first-order valence-electron chi connectivity index (χ1n) is 9.71. The van der Waals surface area contributed by atoms with Crippen molar-refractivity contribution in [3.05, 3.63) is 22.4 Å². The minimum absolute atomic E-state index is 0.0771. The summed E-state index contributed by atoms with van der Waals surface area (Å²) in [7, 11) is 0. The van der Waals surface area contributed by atoms with E-state index in [9.17, 15) is 18.0 Å². The number of H-pyrrole nitrogens is 1. The molecular weight excluding hydrogens is 329 g/mol. The van der Waals surface area contributed by atoms with Crippen LogP contribution in [-0.2, 0) is 13.0 Å². The third-order valence-electron chi connectivity index (χ3n) is 7.52. The van der Waals surface area contributed by atoms with E-state index in [1.807, 2.05) is 0 Å². The maximum atomic E-state index is 12.7. The molecule has 5 aliphatic rings.